The fourth-order valence-electron chi connectivity index (χ4n) is 17.4. The van der Waals surface area contributed by atoms with E-state index < -0.39 is 81.2 Å². The standard InChI is InChI=1S/C50H78N4O11/c1-7-28-20-50(43(62)63)13-12-44(2,24-55)21-31(50)29-8-9-34-46(4,48(28,29)6)11-10-33-45(3,25-56)41(65-42-39(61)38(60)32(57)23-64-42)37(59)30(47(33,34)5)18-27-19-36(58)54-40(27)49(14-16-51-17-15-49)35-22-52-26-53-35/h8,22,26-28,30-34,37-42,51,55-57,59-61H,7,9-21,23-25H2,1-6H3,(H,52,53)(H,54,58)(H,62,63). The largest absolute Gasteiger partial charge is 0.481 e. The van der Waals surface area contributed by atoms with Crippen LogP contribution in [0.5, 0.6) is 0 Å². The van der Waals surface area contributed by atoms with Crippen molar-refractivity contribution in [1.29, 1.82) is 0 Å². The van der Waals surface area contributed by atoms with Crippen molar-refractivity contribution < 1.29 is 54.8 Å². The van der Waals surface area contributed by atoms with Crippen molar-refractivity contribution in [2.45, 2.75) is 167 Å². The van der Waals surface area contributed by atoms with Gasteiger partial charge in [0.05, 0.1) is 37.2 Å². The third-order valence-corrected chi connectivity index (χ3v) is 21.2. The molecule has 1 aromatic rings. The molecule has 3 aliphatic heterocycles. The number of aromatic nitrogens is 2. The number of nitrogens with one attached hydrogen (secondary N) is 3. The number of carbonyl (C=O) groups excluding carboxylic acids is 1. The zero-order valence-corrected chi connectivity index (χ0v) is 39.5. The summed E-state index contributed by atoms with van der Waals surface area (Å²) >= 11 is 0. The Morgan fingerprint density at radius 3 is 2.32 bits per heavy atom. The molecule has 5 aliphatic carbocycles. The summed E-state index contributed by atoms with van der Waals surface area (Å²) in [5.41, 5.74) is -2.05. The highest BCUT2D eigenvalue weighted by molar-refractivity contribution is 5.79. The Bertz CT molecular complexity index is 1980. The average Bonchev–Trinajstić information content (AvgIpc) is 3.98. The van der Waals surface area contributed by atoms with Crippen LogP contribution in [0.4, 0.5) is 0 Å². The number of piperidine rings is 1. The molecule has 10 N–H and O–H groups in total. The topological polar surface area (TPSA) is 247 Å². The minimum absolute atomic E-state index is 0.00273. The number of aliphatic hydroxyl groups is 6. The molecule has 3 saturated heterocycles. The number of imidazole rings is 1. The number of hydrogen-bond acceptors (Lipinski definition) is 12. The molecule has 19 atom stereocenters. The molecule has 364 valence electrons. The molecule has 4 saturated carbocycles. The zero-order valence-electron chi connectivity index (χ0n) is 39.5. The highest BCUT2D eigenvalue weighted by atomic mass is 16.7. The van der Waals surface area contributed by atoms with Gasteiger partial charge in [-0.3, -0.25) is 9.59 Å². The van der Waals surface area contributed by atoms with Gasteiger partial charge in [0, 0.05) is 41.8 Å². The molecule has 15 nitrogen and oxygen atoms in total. The maximum atomic E-state index is 13.9. The first-order chi connectivity index (χ1) is 30.7. The Hall–Kier alpha value is -2.47. The quantitative estimate of drug-likeness (QED) is 0.120. The third-order valence-electron chi connectivity index (χ3n) is 21.2. The molecule has 4 heterocycles. The Labute approximate surface area is 383 Å². The van der Waals surface area contributed by atoms with Gasteiger partial charge in [0.25, 0.3) is 0 Å². The first-order valence-electron chi connectivity index (χ1n) is 24.9. The van der Waals surface area contributed by atoms with Gasteiger partial charge in [-0.1, -0.05) is 59.6 Å². The smallest absolute Gasteiger partial charge is 0.310 e. The van der Waals surface area contributed by atoms with Crippen molar-refractivity contribution in [3.63, 3.8) is 0 Å². The van der Waals surface area contributed by atoms with Gasteiger partial charge in [0.1, 0.15) is 18.3 Å². The van der Waals surface area contributed by atoms with E-state index in [1.54, 1.807) is 6.33 Å². The maximum Gasteiger partial charge on any atom is 0.310 e. The fourth-order valence-corrected chi connectivity index (χ4v) is 17.4. The summed E-state index contributed by atoms with van der Waals surface area (Å²) < 4.78 is 12.5. The number of aliphatic carboxylic acids is 1. The predicted molar refractivity (Wildman–Crippen MR) is 239 cm³/mol. The number of ether oxygens (including phenoxy) is 2. The maximum absolute atomic E-state index is 13.9. The number of nitrogens with zero attached hydrogens (tertiary/aromatic N) is 1. The van der Waals surface area contributed by atoms with Gasteiger partial charge < -0.3 is 60.8 Å². The van der Waals surface area contributed by atoms with Crippen molar-refractivity contribution in [2.75, 3.05) is 32.9 Å². The molecule has 9 rings (SSSR count). The van der Waals surface area contributed by atoms with E-state index in [1.807, 2.05) is 13.1 Å². The molecule has 15 heteroatoms. The number of rotatable bonds is 10. The van der Waals surface area contributed by atoms with Crippen LogP contribution in [0.15, 0.2) is 24.2 Å². The van der Waals surface area contributed by atoms with Crippen molar-refractivity contribution in [3.05, 3.63) is 29.9 Å². The summed E-state index contributed by atoms with van der Waals surface area (Å²) in [5, 5.41) is 86.3. The SMILES string of the molecule is CCC1CC2(C(=O)O)CCC(C)(CO)CC2C2=CCC3C4(C)C(CC5CC(=O)NC5C5(c6cnc[nH]6)CCNCC5)C(O)C(OC5OCC(O)C(O)C5O)C(C)(CO)C4CCC3(C)C21C. The van der Waals surface area contributed by atoms with Gasteiger partial charge in [-0.05, 0) is 134 Å². The molecular formula is C50H78N4O11. The van der Waals surface area contributed by atoms with Gasteiger partial charge in [0.2, 0.25) is 5.91 Å². The van der Waals surface area contributed by atoms with E-state index in [1.165, 1.54) is 5.57 Å². The van der Waals surface area contributed by atoms with Crippen LogP contribution in [0, 0.1) is 68.0 Å². The average molecular weight is 911 g/mol. The summed E-state index contributed by atoms with van der Waals surface area (Å²) in [4.78, 5) is 35.3. The van der Waals surface area contributed by atoms with E-state index in [-0.39, 0.29) is 73.2 Å². The molecular weight excluding hydrogens is 833 g/mol. The summed E-state index contributed by atoms with van der Waals surface area (Å²) in [6, 6.07) is -0.262. The lowest BCUT2D eigenvalue weighted by Gasteiger charge is -2.74. The minimum atomic E-state index is -1.60. The number of carbonyl (C=O) groups is 2. The summed E-state index contributed by atoms with van der Waals surface area (Å²) in [6.45, 7) is 14.3. The monoisotopic (exact) mass is 911 g/mol. The number of H-pyrrole nitrogens is 1. The number of amides is 1. The van der Waals surface area contributed by atoms with Gasteiger partial charge in [-0.2, -0.15) is 0 Å². The van der Waals surface area contributed by atoms with E-state index in [0.717, 1.165) is 44.5 Å². The normalized spacial score (nSPS) is 50.6. The lowest BCUT2D eigenvalue weighted by atomic mass is 9.30. The molecule has 0 aromatic carbocycles. The number of allylic oxidation sites excluding steroid dienone is 2. The second-order valence-corrected chi connectivity index (χ2v) is 23.7. The second kappa shape index (κ2) is 16.6. The van der Waals surface area contributed by atoms with Gasteiger partial charge in [-0.25, -0.2) is 4.98 Å². The Balaban J connectivity index is 1.18. The van der Waals surface area contributed by atoms with Crippen LogP contribution in [-0.4, -0.2) is 133 Å². The molecule has 1 amide bonds. The van der Waals surface area contributed by atoms with Crippen LogP contribution in [0.25, 0.3) is 0 Å². The molecule has 7 fully saturated rings. The van der Waals surface area contributed by atoms with Crippen LogP contribution in [-0.2, 0) is 24.5 Å². The molecule has 8 aliphatic rings. The lowest BCUT2D eigenvalue weighted by Crippen LogP contribution is -2.73. The Morgan fingerprint density at radius 1 is 0.938 bits per heavy atom. The number of hydrogen-bond donors (Lipinski definition) is 10. The number of carboxylic acid groups (broad SMARTS) is 1. The van der Waals surface area contributed by atoms with E-state index in [9.17, 15) is 45.3 Å². The first-order valence-corrected chi connectivity index (χ1v) is 24.9. The van der Waals surface area contributed by atoms with Crippen LogP contribution >= 0.6 is 0 Å². The highest BCUT2D eigenvalue weighted by Crippen LogP contribution is 2.78. The van der Waals surface area contributed by atoms with Gasteiger partial charge in [0.15, 0.2) is 6.29 Å². The number of carboxylic acids is 1. The minimum Gasteiger partial charge on any atom is -0.481 e. The van der Waals surface area contributed by atoms with Crippen LogP contribution in [0.2, 0.25) is 0 Å². The molecule has 65 heavy (non-hydrogen) atoms. The van der Waals surface area contributed by atoms with Crippen molar-refractivity contribution >= 4 is 11.9 Å². The van der Waals surface area contributed by atoms with Crippen LogP contribution in [0.3, 0.4) is 0 Å². The van der Waals surface area contributed by atoms with Crippen molar-refractivity contribution in [1.82, 2.24) is 20.6 Å². The second-order valence-electron chi connectivity index (χ2n) is 23.7. The summed E-state index contributed by atoms with van der Waals surface area (Å²) in [7, 11) is 0. The van der Waals surface area contributed by atoms with E-state index in [4.69, 9.17) is 9.47 Å². The lowest BCUT2D eigenvalue weighted by molar-refractivity contribution is -0.341. The highest BCUT2D eigenvalue weighted by Gasteiger charge is 2.75. The summed E-state index contributed by atoms with van der Waals surface area (Å²) in [5.74, 6) is -1.88. The molecule has 0 spiro atoms. The molecule has 0 bridgehead atoms. The fraction of sp³-hybridized carbons (Fsp3) is 0.860. The Kier molecular flexibility index (Phi) is 12.2. The molecule has 0 radical (unpaired) electrons. The van der Waals surface area contributed by atoms with E-state index in [2.05, 4.69) is 61.3 Å². The van der Waals surface area contributed by atoms with E-state index >= 15 is 0 Å². The summed E-state index contributed by atoms with van der Waals surface area (Å²) in [6.07, 6.45) is 5.43. The van der Waals surface area contributed by atoms with Crippen LogP contribution < -0.4 is 10.6 Å². The third kappa shape index (κ3) is 6.69. The molecule has 1 aromatic heterocycles. The number of fused-ring (bicyclic) bond motifs is 7. The van der Waals surface area contributed by atoms with Gasteiger partial charge in [-0.15, -0.1) is 0 Å². The van der Waals surface area contributed by atoms with Crippen molar-refractivity contribution in [2.24, 2.45) is 68.0 Å². The van der Waals surface area contributed by atoms with Crippen molar-refractivity contribution in [3.8, 4) is 0 Å². The zero-order chi connectivity index (χ0) is 46.7. The predicted octanol–water partition coefficient (Wildman–Crippen LogP) is 3.41. The van der Waals surface area contributed by atoms with Gasteiger partial charge >= 0.3 is 5.97 Å². The number of aliphatic hydroxyl groups excluding tert-OH is 6. The van der Waals surface area contributed by atoms with E-state index in [0.29, 0.717) is 44.9 Å². The first kappa shape index (κ1) is 47.6. The van der Waals surface area contributed by atoms with Crippen LogP contribution in [0.1, 0.15) is 124 Å². The Morgan fingerprint density at radius 2 is 1.68 bits per heavy atom. The number of aromatic amines is 1. The molecule has 19 unspecified atom stereocenters.